The molecule has 1 aromatic carbocycles. The first-order valence-corrected chi connectivity index (χ1v) is 7.87. The number of carbonyl (C=O) groups is 1. The molecule has 1 unspecified atom stereocenters. The minimum atomic E-state index is 0.00944. The molecule has 0 saturated carbocycles. The highest BCUT2D eigenvalue weighted by molar-refractivity contribution is 7.10. The van der Waals surface area contributed by atoms with Crippen LogP contribution in [-0.4, -0.2) is 12.6 Å². The number of hydrogen-bond donors (Lipinski definition) is 1. The van der Waals surface area contributed by atoms with Crippen molar-refractivity contribution in [3.05, 3.63) is 52.2 Å². The quantitative estimate of drug-likeness (QED) is 0.909. The molecule has 1 atom stereocenters. The Bertz CT molecular complexity index is 594. The summed E-state index contributed by atoms with van der Waals surface area (Å²) in [4.78, 5) is 15.6. The van der Waals surface area contributed by atoms with E-state index in [9.17, 15) is 4.79 Å². The fraction of sp³-hybridized carbons (Fsp3) is 0.312. The molecule has 0 spiro atoms. The maximum absolute atomic E-state index is 12.5. The number of amides is 2. The standard InChI is InChI=1S/C16H18N2OS/c1-2-13(15-8-5-11-20-15)17-16(19)18-10-9-12-6-3-4-7-14(12)18/h3-8,11,13H,2,9-10H2,1H3,(H,17,19). The van der Waals surface area contributed by atoms with Gasteiger partial charge >= 0.3 is 6.03 Å². The van der Waals surface area contributed by atoms with E-state index in [2.05, 4.69) is 29.8 Å². The van der Waals surface area contributed by atoms with Crippen LogP contribution < -0.4 is 10.2 Å². The third-order valence-electron chi connectivity index (χ3n) is 3.72. The van der Waals surface area contributed by atoms with Gasteiger partial charge < -0.3 is 5.32 Å². The molecular formula is C16H18N2OS. The smallest absolute Gasteiger partial charge is 0.322 e. The van der Waals surface area contributed by atoms with E-state index in [1.165, 1.54) is 10.4 Å². The highest BCUT2D eigenvalue weighted by atomic mass is 32.1. The zero-order valence-electron chi connectivity index (χ0n) is 11.5. The number of thiophene rings is 1. The van der Waals surface area contributed by atoms with E-state index in [1.807, 2.05) is 29.2 Å². The summed E-state index contributed by atoms with van der Waals surface area (Å²) >= 11 is 1.69. The van der Waals surface area contributed by atoms with Gasteiger partial charge in [-0.1, -0.05) is 31.2 Å². The van der Waals surface area contributed by atoms with Crippen molar-refractivity contribution >= 4 is 23.1 Å². The molecule has 2 heterocycles. The monoisotopic (exact) mass is 286 g/mol. The molecule has 2 amide bonds. The van der Waals surface area contributed by atoms with Gasteiger partial charge in [-0.25, -0.2) is 4.79 Å². The third-order valence-corrected chi connectivity index (χ3v) is 4.71. The van der Waals surface area contributed by atoms with Crippen molar-refractivity contribution in [1.29, 1.82) is 0 Å². The molecule has 4 heteroatoms. The number of nitrogens with zero attached hydrogens (tertiary/aromatic N) is 1. The second-order valence-electron chi connectivity index (χ2n) is 4.96. The van der Waals surface area contributed by atoms with Gasteiger partial charge in [-0.3, -0.25) is 4.90 Å². The molecule has 3 nitrogen and oxygen atoms in total. The van der Waals surface area contributed by atoms with Crippen molar-refractivity contribution in [3.8, 4) is 0 Å². The lowest BCUT2D eigenvalue weighted by atomic mass is 10.2. The van der Waals surface area contributed by atoms with Crippen LogP contribution in [0, 0.1) is 0 Å². The molecule has 0 bridgehead atoms. The van der Waals surface area contributed by atoms with E-state index in [0.29, 0.717) is 0 Å². The normalized spacial score (nSPS) is 14.9. The first-order valence-electron chi connectivity index (χ1n) is 6.99. The minimum absolute atomic E-state index is 0.00944. The molecule has 0 saturated heterocycles. The van der Waals surface area contributed by atoms with Crippen LogP contribution in [0.25, 0.3) is 0 Å². The molecule has 1 aromatic heterocycles. The zero-order chi connectivity index (χ0) is 13.9. The van der Waals surface area contributed by atoms with Crippen LogP contribution in [0.15, 0.2) is 41.8 Å². The predicted octanol–water partition coefficient (Wildman–Crippen LogP) is 3.97. The molecular weight excluding hydrogens is 268 g/mol. The summed E-state index contributed by atoms with van der Waals surface area (Å²) in [5.41, 5.74) is 2.30. The van der Waals surface area contributed by atoms with Gasteiger partial charge in [0.2, 0.25) is 0 Å². The third kappa shape index (κ3) is 2.43. The Balaban J connectivity index is 1.74. The summed E-state index contributed by atoms with van der Waals surface area (Å²) in [6.45, 7) is 2.87. The van der Waals surface area contributed by atoms with Crippen molar-refractivity contribution in [2.45, 2.75) is 25.8 Å². The summed E-state index contributed by atoms with van der Waals surface area (Å²) < 4.78 is 0. The van der Waals surface area contributed by atoms with Gasteiger partial charge in [0, 0.05) is 17.1 Å². The highest BCUT2D eigenvalue weighted by Crippen LogP contribution is 2.28. The maximum atomic E-state index is 12.5. The summed E-state index contributed by atoms with van der Waals surface area (Å²) in [5, 5.41) is 5.20. The fourth-order valence-corrected chi connectivity index (χ4v) is 3.50. The van der Waals surface area contributed by atoms with Crippen LogP contribution in [0.3, 0.4) is 0 Å². The number of para-hydroxylation sites is 1. The van der Waals surface area contributed by atoms with E-state index in [0.717, 1.165) is 25.1 Å². The molecule has 1 aliphatic rings. The number of carbonyl (C=O) groups excluding carboxylic acids is 1. The number of urea groups is 1. The fourth-order valence-electron chi connectivity index (χ4n) is 2.64. The Kier molecular flexibility index (Phi) is 3.74. The molecule has 104 valence electrons. The Morgan fingerprint density at radius 3 is 2.95 bits per heavy atom. The maximum Gasteiger partial charge on any atom is 0.322 e. The lowest BCUT2D eigenvalue weighted by molar-refractivity contribution is 0.243. The van der Waals surface area contributed by atoms with Crippen molar-refractivity contribution in [1.82, 2.24) is 5.32 Å². The SMILES string of the molecule is CCC(NC(=O)N1CCc2ccccc21)c1cccs1. The number of rotatable bonds is 3. The van der Waals surface area contributed by atoms with Gasteiger partial charge in [0.15, 0.2) is 0 Å². The Morgan fingerprint density at radius 2 is 2.20 bits per heavy atom. The molecule has 0 fully saturated rings. The first-order chi connectivity index (χ1) is 9.79. The van der Waals surface area contributed by atoms with Crippen LogP contribution in [0.4, 0.5) is 10.5 Å². The Morgan fingerprint density at radius 1 is 1.35 bits per heavy atom. The molecule has 2 aromatic rings. The van der Waals surface area contributed by atoms with Gasteiger partial charge in [0.1, 0.15) is 0 Å². The van der Waals surface area contributed by atoms with Crippen molar-refractivity contribution < 1.29 is 4.79 Å². The minimum Gasteiger partial charge on any atom is -0.330 e. The van der Waals surface area contributed by atoms with Crippen LogP contribution >= 0.6 is 11.3 Å². The molecule has 1 aliphatic heterocycles. The zero-order valence-corrected chi connectivity index (χ0v) is 12.3. The molecule has 0 radical (unpaired) electrons. The molecule has 0 aliphatic carbocycles. The van der Waals surface area contributed by atoms with Gasteiger partial charge in [-0.2, -0.15) is 0 Å². The number of nitrogens with one attached hydrogen (secondary N) is 1. The number of hydrogen-bond acceptors (Lipinski definition) is 2. The molecule has 20 heavy (non-hydrogen) atoms. The average Bonchev–Trinajstić information content (AvgIpc) is 3.13. The molecule has 1 N–H and O–H groups in total. The summed E-state index contributed by atoms with van der Waals surface area (Å²) in [6.07, 6.45) is 1.85. The van der Waals surface area contributed by atoms with Crippen LogP contribution in [0.2, 0.25) is 0 Å². The van der Waals surface area contributed by atoms with E-state index in [1.54, 1.807) is 11.3 Å². The van der Waals surface area contributed by atoms with Crippen LogP contribution in [-0.2, 0) is 6.42 Å². The van der Waals surface area contributed by atoms with E-state index in [4.69, 9.17) is 0 Å². The predicted molar refractivity (Wildman–Crippen MR) is 83.4 cm³/mol. The van der Waals surface area contributed by atoms with Crippen LogP contribution in [0.1, 0.15) is 29.8 Å². The lowest BCUT2D eigenvalue weighted by Crippen LogP contribution is -2.40. The number of anilines is 1. The van der Waals surface area contributed by atoms with E-state index in [-0.39, 0.29) is 12.1 Å². The second kappa shape index (κ2) is 5.67. The van der Waals surface area contributed by atoms with Crippen molar-refractivity contribution in [2.75, 3.05) is 11.4 Å². The topological polar surface area (TPSA) is 32.3 Å². The summed E-state index contributed by atoms with van der Waals surface area (Å²) in [5.74, 6) is 0. The lowest BCUT2D eigenvalue weighted by Gasteiger charge is -2.22. The largest absolute Gasteiger partial charge is 0.330 e. The van der Waals surface area contributed by atoms with Crippen molar-refractivity contribution in [2.24, 2.45) is 0 Å². The van der Waals surface area contributed by atoms with Crippen molar-refractivity contribution in [3.63, 3.8) is 0 Å². The molecule has 3 rings (SSSR count). The summed E-state index contributed by atoms with van der Waals surface area (Å²) in [7, 11) is 0. The van der Waals surface area contributed by atoms with Gasteiger partial charge in [0.05, 0.1) is 6.04 Å². The highest BCUT2D eigenvalue weighted by Gasteiger charge is 2.25. The van der Waals surface area contributed by atoms with Gasteiger partial charge in [-0.05, 0) is 35.9 Å². The summed E-state index contributed by atoms with van der Waals surface area (Å²) in [6, 6.07) is 12.4. The van der Waals surface area contributed by atoms with Crippen LogP contribution in [0.5, 0.6) is 0 Å². The van der Waals surface area contributed by atoms with Gasteiger partial charge in [-0.15, -0.1) is 11.3 Å². The van der Waals surface area contributed by atoms with E-state index >= 15 is 0 Å². The van der Waals surface area contributed by atoms with E-state index < -0.39 is 0 Å². The second-order valence-corrected chi connectivity index (χ2v) is 5.94. The Labute approximate surface area is 123 Å². The number of benzene rings is 1. The number of fused-ring (bicyclic) bond motifs is 1. The average molecular weight is 286 g/mol. The Hall–Kier alpha value is -1.81. The van der Waals surface area contributed by atoms with Gasteiger partial charge in [0.25, 0.3) is 0 Å². The first kappa shape index (κ1) is 13.2.